The molecule has 2 aliphatic carbocycles. The van der Waals surface area contributed by atoms with Crippen LogP contribution in [-0.4, -0.2) is 0 Å². The molecule has 1 spiro atoms. The quantitative estimate of drug-likeness (QED) is 0.182. The zero-order valence-corrected chi connectivity index (χ0v) is 29.9. The van der Waals surface area contributed by atoms with Crippen LogP contribution >= 0.6 is 0 Å². The molecule has 0 bridgehead atoms. The fraction of sp³-hybridized carbons (Fsp3) is 0.0189. The maximum Gasteiger partial charge on any atom is 0.135 e. The molecule has 0 unspecified atom stereocenters. The molecular formula is C53H33NO. The zero-order valence-electron chi connectivity index (χ0n) is 29.9. The lowest BCUT2D eigenvalue weighted by atomic mass is 9.70. The second kappa shape index (κ2) is 11.4. The molecule has 256 valence electrons. The smallest absolute Gasteiger partial charge is 0.135 e. The van der Waals surface area contributed by atoms with Gasteiger partial charge in [0, 0.05) is 27.5 Å². The number of fused-ring (bicyclic) bond motifs is 15. The van der Waals surface area contributed by atoms with Crippen LogP contribution in [0.3, 0.4) is 0 Å². The van der Waals surface area contributed by atoms with Crippen molar-refractivity contribution in [2.75, 3.05) is 4.90 Å². The molecule has 0 saturated heterocycles. The summed E-state index contributed by atoms with van der Waals surface area (Å²) in [7, 11) is 0. The Kier molecular flexibility index (Phi) is 6.29. The second-order valence-corrected chi connectivity index (χ2v) is 14.8. The average molecular weight is 700 g/mol. The molecule has 2 nitrogen and oxygen atoms in total. The van der Waals surface area contributed by atoms with Crippen LogP contribution in [0.4, 0.5) is 17.1 Å². The number of para-hydroxylation sites is 2. The Bertz CT molecular complexity index is 3110. The molecule has 9 aromatic carbocycles. The summed E-state index contributed by atoms with van der Waals surface area (Å²) >= 11 is 0. The molecule has 0 radical (unpaired) electrons. The molecule has 0 N–H and O–H groups in total. The Labute approximate surface area is 319 Å². The highest BCUT2D eigenvalue weighted by Crippen LogP contribution is 2.64. The number of anilines is 3. The van der Waals surface area contributed by atoms with Gasteiger partial charge in [0.15, 0.2) is 0 Å². The molecule has 2 heteroatoms. The summed E-state index contributed by atoms with van der Waals surface area (Å²) in [5, 5.41) is 4.76. The number of furan rings is 1. The molecule has 0 amide bonds. The predicted octanol–water partition coefficient (Wildman–Crippen LogP) is 14.2. The Morgan fingerprint density at radius 2 is 0.873 bits per heavy atom. The highest BCUT2D eigenvalue weighted by atomic mass is 16.3. The summed E-state index contributed by atoms with van der Waals surface area (Å²) in [6, 6.07) is 73.3. The first-order valence-corrected chi connectivity index (χ1v) is 19.0. The van der Waals surface area contributed by atoms with E-state index in [1.165, 1.54) is 55.3 Å². The van der Waals surface area contributed by atoms with Gasteiger partial charge in [0.25, 0.3) is 0 Å². The van der Waals surface area contributed by atoms with E-state index in [1.807, 2.05) is 12.1 Å². The first-order valence-electron chi connectivity index (χ1n) is 19.0. The lowest BCUT2D eigenvalue weighted by molar-refractivity contribution is 0.669. The number of nitrogens with zero attached hydrogens (tertiary/aromatic N) is 1. The molecule has 1 heterocycles. The maximum absolute atomic E-state index is 6.15. The van der Waals surface area contributed by atoms with Crippen LogP contribution in [0.15, 0.2) is 205 Å². The first-order chi connectivity index (χ1) is 27.3. The van der Waals surface area contributed by atoms with Gasteiger partial charge in [0.2, 0.25) is 0 Å². The molecule has 10 aromatic rings. The summed E-state index contributed by atoms with van der Waals surface area (Å²) in [5.74, 6) is 0. The maximum atomic E-state index is 6.15. The van der Waals surface area contributed by atoms with Gasteiger partial charge in [-0.05, 0) is 110 Å². The molecule has 0 aliphatic heterocycles. The van der Waals surface area contributed by atoms with Crippen molar-refractivity contribution in [2.45, 2.75) is 5.41 Å². The van der Waals surface area contributed by atoms with Crippen LogP contribution in [-0.2, 0) is 5.41 Å². The van der Waals surface area contributed by atoms with E-state index in [9.17, 15) is 0 Å². The van der Waals surface area contributed by atoms with E-state index in [0.29, 0.717) is 0 Å². The lowest BCUT2D eigenvalue weighted by Gasteiger charge is -2.33. The molecular weight excluding hydrogens is 667 g/mol. The van der Waals surface area contributed by atoms with E-state index < -0.39 is 5.41 Å². The highest BCUT2D eigenvalue weighted by Gasteiger charge is 2.52. The standard InChI is InChI=1S/C53H33NO/c1-2-14-36(15-3-1)54(37-29-26-34(27-30-37)35-28-31-51-44(32-35)41-19-9-13-25-50(41)55-51)49-33-48-52(42-20-5-4-18-40(42)49)43-21-8-12-24-47(43)53(48)45-22-10-6-16-38(45)39-17-7-11-23-46(39)53/h1-33H. The monoisotopic (exact) mass is 699 g/mol. The molecule has 0 saturated carbocycles. The third-order valence-electron chi connectivity index (χ3n) is 12.1. The molecule has 1 aromatic heterocycles. The van der Waals surface area contributed by atoms with Crippen molar-refractivity contribution in [1.29, 1.82) is 0 Å². The molecule has 0 atom stereocenters. The van der Waals surface area contributed by atoms with Crippen LogP contribution < -0.4 is 4.90 Å². The van der Waals surface area contributed by atoms with Crippen LogP contribution in [0, 0.1) is 0 Å². The van der Waals surface area contributed by atoms with Crippen molar-refractivity contribution in [1.82, 2.24) is 0 Å². The summed E-state index contributed by atoms with van der Waals surface area (Å²) < 4.78 is 6.15. The Morgan fingerprint density at radius 1 is 0.345 bits per heavy atom. The van der Waals surface area contributed by atoms with Gasteiger partial charge in [-0.2, -0.15) is 0 Å². The molecule has 2 aliphatic rings. The number of benzene rings is 9. The average Bonchev–Trinajstić information content (AvgIpc) is 3.88. The fourth-order valence-corrected chi connectivity index (χ4v) is 9.83. The van der Waals surface area contributed by atoms with Gasteiger partial charge in [0.05, 0.1) is 11.1 Å². The van der Waals surface area contributed by atoms with Gasteiger partial charge in [-0.15, -0.1) is 0 Å². The van der Waals surface area contributed by atoms with Crippen molar-refractivity contribution in [3.8, 4) is 33.4 Å². The van der Waals surface area contributed by atoms with Gasteiger partial charge in [0.1, 0.15) is 11.2 Å². The SMILES string of the molecule is c1ccc(N(c2ccc(-c3ccc4oc5ccccc5c4c3)cc2)c2cc3c(c4ccccc24)-c2ccccc2C32c3ccccc3-c3ccccc32)cc1. The van der Waals surface area contributed by atoms with E-state index in [0.717, 1.165) is 50.1 Å². The van der Waals surface area contributed by atoms with Crippen molar-refractivity contribution in [3.05, 3.63) is 222 Å². The minimum atomic E-state index is -0.444. The largest absolute Gasteiger partial charge is 0.456 e. The van der Waals surface area contributed by atoms with Crippen LogP contribution in [0.25, 0.3) is 66.1 Å². The van der Waals surface area contributed by atoms with Crippen molar-refractivity contribution in [3.63, 3.8) is 0 Å². The second-order valence-electron chi connectivity index (χ2n) is 14.8. The van der Waals surface area contributed by atoms with E-state index in [-0.39, 0.29) is 0 Å². The molecule has 55 heavy (non-hydrogen) atoms. The van der Waals surface area contributed by atoms with Crippen molar-refractivity contribution < 1.29 is 4.42 Å². The summed E-state index contributed by atoms with van der Waals surface area (Å²) in [6.45, 7) is 0. The van der Waals surface area contributed by atoms with Crippen molar-refractivity contribution in [2.24, 2.45) is 0 Å². The molecule has 0 fully saturated rings. The Hall–Kier alpha value is -7.16. The topological polar surface area (TPSA) is 16.4 Å². The minimum absolute atomic E-state index is 0.444. The number of hydrogen-bond acceptors (Lipinski definition) is 2. The van der Waals surface area contributed by atoms with Gasteiger partial charge < -0.3 is 9.32 Å². The van der Waals surface area contributed by atoms with Gasteiger partial charge >= 0.3 is 0 Å². The highest BCUT2D eigenvalue weighted by molar-refractivity contribution is 6.12. The van der Waals surface area contributed by atoms with E-state index in [2.05, 4.69) is 193 Å². The van der Waals surface area contributed by atoms with Gasteiger partial charge in [-0.25, -0.2) is 0 Å². The molecule has 12 rings (SSSR count). The normalized spacial score (nSPS) is 13.2. The van der Waals surface area contributed by atoms with Crippen LogP contribution in [0.5, 0.6) is 0 Å². The zero-order chi connectivity index (χ0) is 36.1. The fourth-order valence-electron chi connectivity index (χ4n) is 9.83. The van der Waals surface area contributed by atoms with Crippen LogP contribution in [0.2, 0.25) is 0 Å². The summed E-state index contributed by atoms with van der Waals surface area (Å²) in [6.07, 6.45) is 0. The van der Waals surface area contributed by atoms with Crippen LogP contribution in [0.1, 0.15) is 22.3 Å². The predicted molar refractivity (Wildman–Crippen MR) is 228 cm³/mol. The van der Waals surface area contributed by atoms with E-state index in [4.69, 9.17) is 4.42 Å². The Morgan fingerprint density at radius 3 is 1.60 bits per heavy atom. The van der Waals surface area contributed by atoms with Gasteiger partial charge in [-0.1, -0.05) is 152 Å². The first kappa shape index (κ1) is 30.3. The number of hydrogen-bond donors (Lipinski definition) is 0. The summed E-state index contributed by atoms with van der Waals surface area (Å²) in [4.78, 5) is 2.45. The minimum Gasteiger partial charge on any atom is -0.456 e. The van der Waals surface area contributed by atoms with Gasteiger partial charge in [-0.3, -0.25) is 0 Å². The number of rotatable bonds is 4. The third-order valence-corrected chi connectivity index (χ3v) is 12.1. The summed E-state index contributed by atoms with van der Waals surface area (Å²) in [5.41, 5.74) is 17.7. The Balaban J connectivity index is 1.10. The lowest BCUT2D eigenvalue weighted by Crippen LogP contribution is -2.26. The van der Waals surface area contributed by atoms with Crippen molar-refractivity contribution >= 4 is 49.8 Å². The van der Waals surface area contributed by atoms with E-state index >= 15 is 0 Å². The third kappa shape index (κ3) is 4.14. The van der Waals surface area contributed by atoms with E-state index in [1.54, 1.807) is 0 Å².